The number of primary amides is 1. The predicted molar refractivity (Wildman–Crippen MR) is 155 cm³/mol. The maximum absolute atomic E-state index is 11.4. The number of nitrogens with zero attached hydrogens (tertiary/aromatic N) is 2. The number of carbonyl (C=O) groups is 2. The minimum Gasteiger partial charge on any atom is -0.490 e. The molecule has 1 aliphatic rings. The van der Waals surface area contributed by atoms with E-state index in [1.54, 1.807) is 0 Å². The molecule has 0 aliphatic carbocycles. The summed E-state index contributed by atoms with van der Waals surface area (Å²) in [7, 11) is 0. The molecule has 3 aromatic carbocycles. The number of aliphatic imine (C=N–C) groups is 1. The number of ether oxygens (including phenoxy) is 1. The van der Waals surface area contributed by atoms with Gasteiger partial charge < -0.3 is 26.4 Å². The fourth-order valence-electron chi connectivity index (χ4n) is 4.14. The van der Waals surface area contributed by atoms with E-state index in [0.717, 1.165) is 59.3 Å². The van der Waals surface area contributed by atoms with Crippen molar-refractivity contribution in [2.75, 3.05) is 13.1 Å². The van der Waals surface area contributed by atoms with Gasteiger partial charge in [0.2, 0.25) is 0 Å². The fourth-order valence-corrected chi connectivity index (χ4v) is 4.14. The van der Waals surface area contributed by atoms with E-state index in [2.05, 4.69) is 15.2 Å². The van der Waals surface area contributed by atoms with Crippen molar-refractivity contribution in [3.8, 4) is 5.75 Å². The Hall–Kier alpha value is -3.82. The van der Waals surface area contributed by atoms with Gasteiger partial charge in [-0.1, -0.05) is 24.3 Å². The molecule has 0 atom stereocenters. The van der Waals surface area contributed by atoms with Gasteiger partial charge in [0.05, 0.1) is 11.5 Å². The van der Waals surface area contributed by atoms with E-state index in [1.807, 2.05) is 67.6 Å². The molecule has 1 fully saturated rings. The SMILES string of the molecule is CC(=N)N1CCC(Oc2ccc(N=C(N)c3ccc4ccc(CNC(=O)C(N)=O)cc4c3)cc2)CC1.Cl.Cl. The largest absolute Gasteiger partial charge is 0.490 e. The van der Waals surface area contributed by atoms with Crippen molar-refractivity contribution in [3.63, 3.8) is 0 Å². The highest BCUT2D eigenvalue weighted by atomic mass is 35.5. The van der Waals surface area contributed by atoms with Gasteiger partial charge >= 0.3 is 11.8 Å². The number of halogens is 2. The van der Waals surface area contributed by atoms with Crippen LogP contribution in [-0.4, -0.2) is 47.6 Å². The number of nitrogens with one attached hydrogen (secondary N) is 2. The second kappa shape index (κ2) is 13.6. The van der Waals surface area contributed by atoms with Gasteiger partial charge in [-0.05, 0) is 59.7 Å². The Bertz CT molecular complexity index is 1320. The molecule has 11 heteroatoms. The van der Waals surface area contributed by atoms with E-state index in [4.69, 9.17) is 21.6 Å². The number of piperidine rings is 1. The molecule has 1 heterocycles. The summed E-state index contributed by atoms with van der Waals surface area (Å²) >= 11 is 0. The molecule has 2 amide bonds. The summed E-state index contributed by atoms with van der Waals surface area (Å²) in [6.07, 6.45) is 1.93. The second-order valence-electron chi connectivity index (χ2n) is 8.82. The van der Waals surface area contributed by atoms with Crippen LogP contribution in [0, 0.1) is 5.41 Å². The Kier molecular flexibility index (Phi) is 10.9. The van der Waals surface area contributed by atoms with Gasteiger partial charge in [0.1, 0.15) is 17.7 Å². The average molecular weight is 559 g/mol. The number of hydrogen-bond acceptors (Lipinski definition) is 5. The molecule has 4 rings (SSSR count). The zero-order valence-electron chi connectivity index (χ0n) is 21.0. The third-order valence-electron chi connectivity index (χ3n) is 6.18. The van der Waals surface area contributed by atoms with Crippen molar-refractivity contribution in [2.45, 2.75) is 32.4 Å². The second-order valence-corrected chi connectivity index (χ2v) is 8.82. The summed E-state index contributed by atoms with van der Waals surface area (Å²) in [5.74, 6) is -0.0542. The number of likely N-dealkylation sites (tertiary alicyclic amines) is 1. The zero-order valence-corrected chi connectivity index (χ0v) is 22.6. The Morgan fingerprint density at radius 3 is 2.29 bits per heavy atom. The number of amidine groups is 2. The van der Waals surface area contributed by atoms with Gasteiger partial charge in [-0.3, -0.25) is 15.0 Å². The van der Waals surface area contributed by atoms with E-state index in [0.29, 0.717) is 11.7 Å². The molecular weight excluding hydrogens is 527 g/mol. The molecule has 3 aromatic rings. The normalized spacial score (nSPS) is 13.7. The molecule has 0 bridgehead atoms. The molecular formula is C27H32Cl2N6O3. The number of nitrogens with two attached hydrogens (primary N) is 2. The van der Waals surface area contributed by atoms with Crippen LogP contribution in [-0.2, 0) is 16.1 Å². The van der Waals surface area contributed by atoms with Crippen LogP contribution in [0.15, 0.2) is 65.7 Å². The highest BCUT2D eigenvalue weighted by Crippen LogP contribution is 2.24. The minimum atomic E-state index is -1.01. The maximum Gasteiger partial charge on any atom is 0.309 e. The van der Waals surface area contributed by atoms with Crippen molar-refractivity contribution < 1.29 is 14.3 Å². The molecule has 1 saturated heterocycles. The zero-order chi connectivity index (χ0) is 25.7. The lowest BCUT2D eigenvalue weighted by Crippen LogP contribution is -2.40. The molecule has 0 radical (unpaired) electrons. The van der Waals surface area contributed by atoms with Crippen molar-refractivity contribution >= 4 is 64.8 Å². The number of hydrogen-bond donors (Lipinski definition) is 4. The molecule has 0 unspecified atom stereocenters. The van der Waals surface area contributed by atoms with E-state index < -0.39 is 11.8 Å². The van der Waals surface area contributed by atoms with Gasteiger partial charge in [0, 0.05) is 38.0 Å². The van der Waals surface area contributed by atoms with Crippen molar-refractivity contribution in [1.29, 1.82) is 5.41 Å². The van der Waals surface area contributed by atoms with Gasteiger partial charge in [-0.25, -0.2) is 4.99 Å². The van der Waals surface area contributed by atoms with Crippen LogP contribution in [0.2, 0.25) is 0 Å². The lowest BCUT2D eigenvalue weighted by molar-refractivity contribution is -0.137. The first kappa shape index (κ1) is 30.4. The average Bonchev–Trinajstić information content (AvgIpc) is 2.88. The number of rotatable bonds is 6. The van der Waals surface area contributed by atoms with E-state index >= 15 is 0 Å². The Balaban J connectivity index is 0.00000253. The van der Waals surface area contributed by atoms with Crippen LogP contribution in [0.5, 0.6) is 5.75 Å². The molecule has 6 N–H and O–H groups in total. The lowest BCUT2D eigenvalue weighted by atomic mass is 10.0. The van der Waals surface area contributed by atoms with Crippen molar-refractivity contribution in [1.82, 2.24) is 10.2 Å². The van der Waals surface area contributed by atoms with Gasteiger partial charge in [0.25, 0.3) is 0 Å². The summed E-state index contributed by atoms with van der Waals surface area (Å²) < 4.78 is 6.11. The number of amides is 2. The fraction of sp³-hybridized carbons (Fsp3) is 0.259. The summed E-state index contributed by atoms with van der Waals surface area (Å²) in [6.45, 7) is 3.70. The summed E-state index contributed by atoms with van der Waals surface area (Å²) in [5, 5.41) is 12.2. The maximum atomic E-state index is 11.4. The Labute approximate surface area is 233 Å². The number of benzene rings is 3. The molecule has 0 aromatic heterocycles. The highest BCUT2D eigenvalue weighted by Gasteiger charge is 2.20. The first-order chi connectivity index (χ1) is 17.3. The Morgan fingerprint density at radius 2 is 1.66 bits per heavy atom. The molecule has 9 nitrogen and oxygen atoms in total. The first-order valence-electron chi connectivity index (χ1n) is 11.8. The van der Waals surface area contributed by atoms with Crippen LogP contribution in [0.3, 0.4) is 0 Å². The molecule has 0 spiro atoms. The minimum absolute atomic E-state index is 0. The Morgan fingerprint density at radius 1 is 1.00 bits per heavy atom. The van der Waals surface area contributed by atoms with Gasteiger partial charge in [-0.2, -0.15) is 0 Å². The van der Waals surface area contributed by atoms with E-state index in [-0.39, 0.29) is 37.5 Å². The van der Waals surface area contributed by atoms with E-state index in [9.17, 15) is 9.59 Å². The standard InChI is InChI=1S/C27H30N6O3.2ClH/c1-17(28)33-12-10-24(11-13-33)36-23-8-6-22(7-9-23)32-25(29)20-5-4-19-3-2-18(14-21(19)15-20)16-31-27(35)26(30)34;;/h2-9,14-15,24,28H,10-13,16H2,1H3,(H2,29,32)(H2,30,34)(H,31,35);2*1H. The predicted octanol–water partition coefficient (Wildman–Crippen LogP) is 3.66. The molecule has 0 saturated carbocycles. The van der Waals surface area contributed by atoms with Crippen molar-refractivity contribution in [2.24, 2.45) is 16.5 Å². The summed E-state index contributed by atoms with van der Waals surface area (Å²) in [4.78, 5) is 28.9. The van der Waals surface area contributed by atoms with Crippen LogP contribution in [0.1, 0.15) is 30.9 Å². The van der Waals surface area contributed by atoms with Gasteiger partial charge in [-0.15, -0.1) is 24.8 Å². The molecule has 1 aliphatic heterocycles. The third-order valence-corrected chi connectivity index (χ3v) is 6.18. The highest BCUT2D eigenvalue weighted by molar-refractivity contribution is 6.34. The number of carbonyl (C=O) groups excluding carboxylic acids is 2. The topological polar surface area (TPSA) is 147 Å². The summed E-state index contributed by atoms with van der Waals surface area (Å²) in [6, 6.07) is 19.1. The molecule has 38 heavy (non-hydrogen) atoms. The van der Waals surface area contributed by atoms with Crippen LogP contribution in [0.25, 0.3) is 10.8 Å². The smallest absolute Gasteiger partial charge is 0.309 e. The first-order valence-corrected chi connectivity index (χ1v) is 11.8. The monoisotopic (exact) mass is 558 g/mol. The van der Waals surface area contributed by atoms with Crippen LogP contribution >= 0.6 is 24.8 Å². The third kappa shape index (κ3) is 7.84. The van der Waals surface area contributed by atoms with Crippen LogP contribution in [0.4, 0.5) is 5.69 Å². The number of fused-ring (bicyclic) bond motifs is 1. The quantitative estimate of drug-likeness (QED) is 0.207. The van der Waals surface area contributed by atoms with Crippen LogP contribution < -0.4 is 21.5 Å². The van der Waals surface area contributed by atoms with E-state index in [1.165, 1.54) is 0 Å². The van der Waals surface area contributed by atoms with Crippen molar-refractivity contribution in [3.05, 3.63) is 71.8 Å². The molecule has 202 valence electrons. The lowest BCUT2D eigenvalue weighted by Gasteiger charge is -2.32. The van der Waals surface area contributed by atoms with Gasteiger partial charge in [0.15, 0.2) is 0 Å². The summed E-state index contributed by atoms with van der Waals surface area (Å²) in [5.41, 5.74) is 13.6.